The Morgan fingerprint density at radius 1 is 0.462 bits per heavy atom. The quantitative estimate of drug-likeness (QED) is 0.162. The molecule has 12 rings (SSSR count). The zero-order valence-corrected chi connectivity index (χ0v) is 41.0. The van der Waals surface area contributed by atoms with Crippen LogP contribution in [0.4, 0.5) is 34.1 Å². The van der Waals surface area contributed by atoms with Gasteiger partial charge in [-0.3, -0.25) is 0 Å². The van der Waals surface area contributed by atoms with E-state index in [4.69, 9.17) is 0 Å². The average molecular weight is 895 g/mol. The number of hydrogen-bond donors (Lipinski definition) is 0. The summed E-state index contributed by atoms with van der Waals surface area (Å²) in [6, 6.07) is 56.0. The molecule has 0 amide bonds. The van der Waals surface area contributed by atoms with Gasteiger partial charge in [0, 0.05) is 56.8 Å². The molecule has 0 spiro atoms. The van der Waals surface area contributed by atoms with Crippen LogP contribution in [0.15, 0.2) is 146 Å². The molecule has 0 saturated heterocycles. The number of anilines is 6. The molecule has 0 N–H and O–H groups in total. The van der Waals surface area contributed by atoms with Gasteiger partial charge in [0.05, 0.1) is 11.4 Å². The van der Waals surface area contributed by atoms with E-state index in [1.54, 1.807) is 0 Å². The van der Waals surface area contributed by atoms with Crippen LogP contribution in [0.25, 0.3) is 51.1 Å². The smallest absolute Gasteiger partial charge is 0.264 e. The van der Waals surface area contributed by atoms with Gasteiger partial charge in [-0.2, -0.15) is 0 Å². The third kappa shape index (κ3) is 6.47. The molecule has 65 heavy (non-hydrogen) atoms. The van der Waals surface area contributed by atoms with Gasteiger partial charge in [0.2, 0.25) is 0 Å². The van der Waals surface area contributed by atoms with Gasteiger partial charge < -0.3 is 9.80 Å². The minimum absolute atomic E-state index is 0.00960. The lowest BCUT2D eigenvalue weighted by molar-refractivity contribution is 0.589. The van der Waals surface area contributed by atoms with Gasteiger partial charge in [-0.05, 0) is 159 Å². The summed E-state index contributed by atoms with van der Waals surface area (Å²) in [5.41, 5.74) is 19.4. The molecule has 0 fully saturated rings. The number of fused-ring (bicyclic) bond motifs is 8. The highest BCUT2D eigenvalue weighted by molar-refractivity contribution is 7.33. The Labute approximate surface area is 395 Å². The van der Waals surface area contributed by atoms with Crippen LogP contribution >= 0.6 is 34.0 Å². The molecule has 318 valence electrons. The van der Waals surface area contributed by atoms with Gasteiger partial charge in [0.25, 0.3) is 6.71 Å². The van der Waals surface area contributed by atoms with E-state index in [9.17, 15) is 0 Å². The topological polar surface area (TPSA) is 6.48 Å². The maximum Gasteiger partial charge on any atom is 0.264 e. The van der Waals surface area contributed by atoms with Gasteiger partial charge in [-0.15, -0.1) is 34.0 Å². The minimum atomic E-state index is 0.00960. The highest BCUT2D eigenvalue weighted by atomic mass is 32.1. The zero-order valence-electron chi connectivity index (χ0n) is 38.6. The fraction of sp³-hybridized carbons (Fsp3) is 0.186. The van der Waals surface area contributed by atoms with Gasteiger partial charge >= 0.3 is 0 Å². The van der Waals surface area contributed by atoms with Crippen LogP contribution in [0.3, 0.4) is 0 Å². The van der Waals surface area contributed by atoms with E-state index in [2.05, 4.69) is 218 Å². The SMILES string of the molecule is Cc1cc2c3c(c1)N(c1c(C)cc(C(C)(C)C)cc1C)c1c(sc4ccc(C(C)(C)C)cc14)B3c1ccc(-c3cc4ccccc4s3)cc1N2c1cccc(-c2cc3ccccc3s2)c1. The second-order valence-corrected chi connectivity index (χ2v) is 23.7. The first-order valence-corrected chi connectivity index (χ1v) is 25.3. The number of aryl methyl sites for hydroxylation is 3. The average Bonchev–Trinajstić information content (AvgIpc) is 4.01. The first-order chi connectivity index (χ1) is 31.2. The summed E-state index contributed by atoms with van der Waals surface area (Å²) >= 11 is 5.75. The van der Waals surface area contributed by atoms with Crippen LogP contribution in [-0.4, -0.2) is 6.71 Å². The molecule has 2 nitrogen and oxygen atoms in total. The number of hydrogen-bond acceptors (Lipinski definition) is 5. The Morgan fingerprint density at radius 2 is 1.08 bits per heavy atom. The monoisotopic (exact) mass is 894 g/mol. The van der Waals surface area contributed by atoms with Crippen molar-refractivity contribution < 1.29 is 0 Å². The molecule has 0 aliphatic carbocycles. The molecule has 5 heterocycles. The van der Waals surface area contributed by atoms with Crippen molar-refractivity contribution in [3.05, 3.63) is 173 Å². The summed E-state index contributed by atoms with van der Waals surface area (Å²) in [6.07, 6.45) is 0. The number of rotatable bonds is 4. The molecule has 3 aromatic heterocycles. The number of thiophene rings is 3. The lowest BCUT2D eigenvalue weighted by atomic mass is 9.36. The van der Waals surface area contributed by atoms with Gasteiger partial charge in [0.1, 0.15) is 0 Å². The lowest BCUT2D eigenvalue weighted by Crippen LogP contribution is -2.60. The van der Waals surface area contributed by atoms with Crippen LogP contribution < -0.4 is 25.5 Å². The Kier molecular flexibility index (Phi) is 9.08. The first-order valence-electron chi connectivity index (χ1n) is 22.8. The maximum absolute atomic E-state index is 2.68. The molecule has 0 bridgehead atoms. The summed E-state index contributed by atoms with van der Waals surface area (Å²) in [5.74, 6) is 0. The molecule has 0 radical (unpaired) electrons. The standard InChI is InChI=1S/C59H51BN2S3/c1-34-25-47-54-48(26-34)62(55-35(2)27-42(28-36(55)3)59(7,8)9)56-44-33-41(58(4,5)6)22-24-51(44)65-57(56)60(54)45-23-21-40(53-32-39-16-11-13-20-50(39)64-53)30-46(45)61(47)43-18-14-17-37(29-43)52-31-38-15-10-12-19-49(38)63-52/h10-33H,1-9H3. The number of nitrogens with zero attached hydrogens (tertiary/aromatic N) is 2. The van der Waals surface area contributed by atoms with Crippen molar-refractivity contribution in [1.29, 1.82) is 0 Å². The molecule has 2 aliphatic rings. The van der Waals surface area contributed by atoms with E-state index >= 15 is 0 Å². The van der Waals surface area contributed by atoms with E-state index in [-0.39, 0.29) is 17.5 Å². The van der Waals surface area contributed by atoms with Crippen molar-refractivity contribution in [3.63, 3.8) is 0 Å². The molecule has 2 aliphatic heterocycles. The molecule has 0 atom stereocenters. The van der Waals surface area contributed by atoms with Crippen LogP contribution in [0.5, 0.6) is 0 Å². The van der Waals surface area contributed by atoms with Crippen molar-refractivity contribution in [2.45, 2.75) is 73.1 Å². The predicted molar refractivity (Wildman–Crippen MR) is 289 cm³/mol. The van der Waals surface area contributed by atoms with Crippen molar-refractivity contribution in [1.82, 2.24) is 0 Å². The minimum Gasteiger partial charge on any atom is -0.311 e. The van der Waals surface area contributed by atoms with Crippen LogP contribution in [0.1, 0.15) is 69.4 Å². The molecule has 0 saturated carbocycles. The third-order valence-corrected chi connectivity index (χ3v) is 17.3. The summed E-state index contributed by atoms with van der Waals surface area (Å²) in [5, 5.41) is 3.92. The van der Waals surface area contributed by atoms with Crippen molar-refractivity contribution in [3.8, 4) is 20.9 Å². The van der Waals surface area contributed by atoms with Gasteiger partial charge in [0.15, 0.2) is 0 Å². The summed E-state index contributed by atoms with van der Waals surface area (Å²) in [4.78, 5) is 7.86. The molecule has 7 aromatic carbocycles. The zero-order chi connectivity index (χ0) is 44.7. The molecular formula is C59H51BN2S3. The Balaban J connectivity index is 1.16. The van der Waals surface area contributed by atoms with Crippen LogP contribution in [0, 0.1) is 20.8 Å². The first kappa shape index (κ1) is 40.6. The summed E-state index contributed by atoms with van der Waals surface area (Å²) in [7, 11) is 0. The van der Waals surface area contributed by atoms with Crippen LogP contribution in [-0.2, 0) is 10.8 Å². The fourth-order valence-electron chi connectivity index (χ4n) is 10.5. The van der Waals surface area contributed by atoms with E-state index in [0.717, 1.165) is 0 Å². The van der Waals surface area contributed by atoms with Gasteiger partial charge in [-0.1, -0.05) is 120 Å². The third-order valence-electron chi connectivity index (χ3n) is 13.8. The molecule has 0 unspecified atom stereocenters. The largest absolute Gasteiger partial charge is 0.311 e. The Morgan fingerprint density at radius 3 is 1.71 bits per heavy atom. The molecule has 6 heteroatoms. The van der Waals surface area contributed by atoms with E-state index < -0.39 is 0 Å². The summed E-state index contributed by atoms with van der Waals surface area (Å²) in [6.45, 7) is 21.0. The van der Waals surface area contributed by atoms with Crippen molar-refractivity contribution in [2.24, 2.45) is 0 Å². The number of benzene rings is 7. The summed E-state index contributed by atoms with van der Waals surface area (Å²) < 4.78 is 5.38. The van der Waals surface area contributed by atoms with E-state index in [0.29, 0.717) is 0 Å². The Bertz CT molecular complexity index is 3500. The van der Waals surface area contributed by atoms with E-state index in [1.807, 2.05) is 34.0 Å². The lowest BCUT2D eigenvalue weighted by Gasteiger charge is -2.44. The molecule has 10 aromatic rings. The Hall–Kier alpha value is -5.92. The normalized spacial score (nSPS) is 13.5. The highest BCUT2D eigenvalue weighted by Gasteiger charge is 2.46. The second kappa shape index (κ2) is 14.5. The predicted octanol–water partition coefficient (Wildman–Crippen LogP) is 16.3. The maximum atomic E-state index is 2.68. The highest BCUT2D eigenvalue weighted by Crippen LogP contribution is 2.51. The molecular weight excluding hydrogens is 844 g/mol. The fourth-order valence-corrected chi connectivity index (χ4v) is 14.0. The second-order valence-electron chi connectivity index (χ2n) is 20.4. The van der Waals surface area contributed by atoms with Gasteiger partial charge in [-0.25, -0.2) is 0 Å². The van der Waals surface area contributed by atoms with E-state index in [1.165, 1.54) is 129 Å². The van der Waals surface area contributed by atoms with Crippen molar-refractivity contribution >= 4 is 121 Å². The van der Waals surface area contributed by atoms with Crippen LogP contribution in [0.2, 0.25) is 0 Å². The van der Waals surface area contributed by atoms with Crippen molar-refractivity contribution in [2.75, 3.05) is 9.80 Å².